The quantitative estimate of drug-likeness (QED) is 0.0388. The van der Waals surface area contributed by atoms with Gasteiger partial charge in [-0.25, -0.2) is 4.79 Å². The summed E-state index contributed by atoms with van der Waals surface area (Å²) in [4.78, 5) is 66.5. The second kappa shape index (κ2) is 22.1. The molecule has 0 saturated carbocycles. The first kappa shape index (κ1) is 45.1. The highest BCUT2D eigenvalue weighted by Gasteiger charge is 2.52. The maximum Gasteiger partial charge on any atom is 0.333 e. The summed E-state index contributed by atoms with van der Waals surface area (Å²) < 4.78 is 16.4. The molecule has 0 radical (unpaired) electrons. The zero-order valence-electron chi connectivity index (χ0n) is 32.1. The number of carboxylic acid groups (broad SMARTS) is 1. The van der Waals surface area contributed by atoms with E-state index in [-0.39, 0.29) is 49.8 Å². The molecule has 288 valence electrons. The van der Waals surface area contributed by atoms with Gasteiger partial charge in [0, 0.05) is 24.6 Å². The number of aliphatic carboxylic acids is 1. The third-order valence-electron chi connectivity index (χ3n) is 10.1. The van der Waals surface area contributed by atoms with Crippen molar-refractivity contribution in [2.75, 3.05) is 26.4 Å². The molecule has 1 fully saturated rings. The summed E-state index contributed by atoms with van der Waals surface area (Å²) in [6.07, 6.45) is 11.4. The van der Waals surface area contributed by atoms with Crippen LogP contribution in [0.2, 0.25) is 0 Å². The van der Waals surface area contributed by atoms with E-state index in [4.69, 9.17) is 14.2 Å². The van der Waals surface area contributed by atoms with Crippen molar-refractivity contribution in [1.82, 2.24) is 4.90 Å². The SMILES string of the molecule is C=C(C)C(=O)OCC(O)COC(=O)C(C)(CC(C)(CC)C(=O)O)CC(C)(CC(C)N1CCCC1=O)C(=O)OCCCCCCCCCCCC. The highest BCUT2D eigenvalue weighted by Crippen LogP contribution is 2.47. The van der Waals surface area contributed by atoms with Gasteiger partial charge in [0.2, 0.25) is 5.91 Å². The number of unbranched alkanes of at least 4 members (excludes halogenated alkanes) is 9. The molecule has 11 heteroatoms. The van der Waals surface area contributed by atoms with Crippen molar-refractivity contribution in [2.45, 2.75) is 163 Å². The minimum atomic E-state index is -1.50. The van der Waals surface area contributed by atoms with Crippen molar-refractivity contribution in [1.29, 1.82) is 0 Å². The third kappa shape index (κ3) is 15.1. The van der Waals surface area contributed by atoms with Crippen LogP contribution in [0, 0.1) is 16.2 Å². The molecule has 0 aromatic carbocycles. The molecular formula is C39H67NO10. The molecular weight excluding hydrogens is 642 g/mol. The number of carbonyl (C=O) groups is 5. The first-order valence-electron chi connectivity index (χ1n) is 18.8. The number of ether oxygens (including phenoxy) is 3. The molecule has 1 heterocycles. The maximum absolute atomic E-state index is 14.0. The van der Waals surface area contributed by atoms with E-state index in [0.717, 1.165) is 25.7 Å². The van der Waals surface area contributed by atoms with E-state index in [9.17, 15) is 34.2 Å². The van der Waals surface area contributed by atoms with Crippen LogP contribution in [0.1, 0.15) is 151 Å². The fraction of sp³-hybridized carbons (Fsp3) is 0.821. The van der Waals surface area contributed by atoms with Crippen LogP contribution < -0.4 is 0 Å². The summed E-state index contributed by atoms with van der Waals surface area (Å²) in [5.41, 5.74) is -3.96. The van der Waals surface area contributed by atoms with E-state index in [1.807, 2.05) is 6.92 Å². The highest BCUT2D eigenvalue weighted by molar-refractivity contribution is 5.87. The topological polar surface area (TPSA) is 157 Å². The normalized spacial score (nSPS) is 17.9. The smallest absolute Gasteiger partial charge is 0.333 e. The van der Waals surface area contributed by atoms with Crippen LogP contribution in [0.25, 0.3) is 0 Å². The highest BCUT2D eigenvalue weighted by atomic mass is 16.6. The van der Waals surface area contributed by atoms with Gasteiger partial charge in [-0.3, -0.25) is 19.2 Å². The lowest BCUT2D eigenvalue weighted by molar-refractivity contribution is -0.171. The van der Waals surface area contributed by atoms with Gasteiger partial charge in [-0.2, -0.15) is 0 Å². The van der Waals surface area contributed by atoms with Crippen LogP contribution in [0.4, 0.5) is 0 Å². The Labute approximate surface area is 300 Å². The van der Waals surface area contributed by atoms with Crippen molar-refractivity contribution >= 4 is 29.8 Å². The van der Waals surface area contributed by atoms with Gasteiger partial charge in [0.1, 0.15) is 19.3 Å². The van der Waals surface area contributed by atoms with Gasteiger partial charge in [-0.15, -0.1) is 0 Å². The molecule has 5 atom stereocenters. The average Bonchev–Trinajstić information content (AvgIpc) is 3.50. The number of amides is 1. The summed E-state index contributed by atoms with van der Waals surface area (Å²) in [5, 5.41) is 20.6. The van der Waals surface area contributed by atoms with Gasteiger partial charge < -0.3 is 29.3 Å². The second-order valence-electron chi connectivity index (χ2n) is 15.4. The van der Waals surface area contributed by atoms with E-state index in [2.05, 4.69) is 13.5 Å². The molecule has 0 aliphatic carbocycles. The molecule has 0 aromatic rings. The minimum Gasteiger partial charge on any atom is -0.481 e. The number of hydrogen-bond donors (Lipinski definition) is 2. The Hall–Kier alpha value is -2.95. The summed E-state index contributed by atoms with van der Waals surface area (Å²) in [5.74, 6) is -3.08. The Kier molecular flexibility index (Phi) is 19.9. The van der Waals surface area contributed by atoms with E-state index in [1.165, 1.54) is 45.4 Å². The number of nitrogens with zero attached hydrogens (tertiary/aromatic N) is 1. The van der Waals surface area contributed by atoms with Crippen molar-refractivity contribution in [3.8, 4) is 0 Å². The molecule has 1 amide bonds. The Morgan fingerprint density at radius 1 is 0.820 bits per heavy atom. The Balaban J connectivity index is 3.17. The van der Waals surface area contributed by atoms with Crippen LogP contribution in [0.5, 0.6) is 0 Å². The standard InChI is InChI=1S/C39H67NO10/c1-9-11-12-13-14-15-16-17-18-19-23-48-35(46)38(7,24-30(5)40-22-20-21-32(40)42)28-39(8,27-37(6,10-2)34(44)45)36(47)50-26-31(41)25-49-33(43)29(3)4/h30-31,41H,3,9-28H2,1-2,4-8H3,(H,44,45). The second-order valence-corrected chi connectivity index (χ2v) is 15.4. The maximum atomic E-state index is 14.0. The fourth-order valence-electron chi connectivity index (χ4n) is 7.02. The average molecular weight is 710 g/mol. The predicted octanol–water partition coefficient (Wildman–Crippen LogP) is 7.17. The molecule has 1 rings (SSSR count). The zero-order chi connectivity index (χ0) is 38.0. The molecule has 50 heavy (non-hydrogen) atoms. The molecule has 0 bridgehead atoms. The van der Waals surface area contributed by atoms with Crippen molar-refractivity contribution < 1.29 is 48.4 Å². The molecule has 1 aliphatic rings. The van der Waals surface area contributed by atoms with E-state index < -0.39 is 59.4 Å². The largest absolute Gasteiger partial charge is 0.481 e. The first-order chi connectivity index (χ1) is 23.4. The van der Waals surface area contributed by atoms with Crippen LogP contribution in [-0.4, -0.2) is 83.4 Å². The van der Waals surface area contributed by atoms with Gasteiger partial charge >= 0.3 is 23.9 Å². The number of carbonyl (C=O) groups excluding carboxylic acids is 4. The molecule has 5 unspecified atom stereocenters. The van der Waals surface area contributed by atoms with Crippen molar-refractivity contribution in [3.05, 3.63) is 12.2 Å². The number of likely N-dealkylation sites (tertiary alicyclic amines) is 1. The van der Waals surface area contributed by atoms with E-state index in [1.54, 1.807) is 32.6 Å². The van der Waals surface area contributed by atoms with Crippen molar-refractivity contribution in [2.24, 2.45) is 16.2 Å². The predicted molar refractivity (Wildman–Crippen MR) is 192 cm³/mol. The number of aliphatic hydroxyl groups is 1. The van der Waals surface area contributed by atoms with E-state index in [0.29, 0.717) is 19.4 Å². The molecule has 2 N–H and O–H groups in total. The van der Waals surface area contributed by atoms with Crippen LogP contribution in [0.3, 0.4) is 0 Å². The third-order valence-corrected chi connectivity index (χ3v) is 10.1. The lowest BCUT2D eigenvalue weighted by Gasteiger charge is -2.42. The number of esters is 3. The lowest BCUT2D eigenvalue weighted by atomic mass is 9.63. The molecule has 0 spiro atoms. The van der Waals surface area contributed by atoms with Gasteiger partial charge in [0.15, 0.2) is 0 Å². The summed E-state index contributed by atoms with van der Waals surface area (Å²) in [7, 11) is 0. The van der Waals surface area contributed by atoms with Gasteiger partial charge in [0.25, 0.3) is 0 Å². The van der Waals surface area contributed by atoms with Gasteiger partial charge in [-0.05, 0) is 73.1 Å². The molecule has 1 saturated heterocycles. The monoisotopic (exact) mass is 709 g/mol. The molecule has 11 nitrogen and oxygen atoms in total. The lowest BCUT2D eigenvalue weighted by Crippen LogP contribution is -2.47. The summed E-state index contributed by atoms with van der Waals surface area (Å²) in [6, 6.07) is -0.331. The minimum absolute atomic E-state index is 0.00604. The summed E-state index contributed by atoms with van der Waals surface area (Å²) >= 11 is 0. The van der Waals surface area contributed by atoms with E-state index >= 15 is 0 Å². The number of rotatable bonds is 27. The number of hydrogen-bond acceptors (Lipinski definition) is 9. The zero-order valence-corrected chi connectivity index (χ0v) is 32.1. The van der Waals surface area contributed by atoms with Crippen LogP contribution in [0.15, 0.2) is 12.2 Å². The Bertz CT molecular complexity index is 1120. The van der Waals surface area contributed by atoms with Crippen LogP contribution >= 0.6 is 0 Å². The number of carboxylic acids is 1. The Morgan fingerprint density at radius 3 is 1.84 bits per heavy atom. The van der Waals surface area contributed by atoms with Gasteiger partial charge in [0.05, 0.1) is 22.9 Å². The number of aliphatic hydroxyl groups excluding tert-OH is 1. The molecule has 1 aliphatic heterocycles. The first-order valence-corrected chi connectivity index (χ1v) is 18.8. The fourth-order valence-corrected chi connectivity index (χ4v) is 7.02. The van der Waals surface area contributed by atoms with Crippen LogP contribution in [-0.2, 0) is 38.2 Å². The Morgan fingerprint density at radius 2 is 1.34 bits per heavy atom. The van der Waals surface area contributed by atoms with Gasteiger partial charge in [-0.1, -0.05) is 78.2 Å². The summed E-state index contributed by atoms with van der Waals surface area (Å²) in [6.45, 7) is 15.5. The van der Waals surface area contributed by atoms with Crippen molar-refractivity contribution in [3.63, 3.8) is 0 Å². The molecule has 0 aromatic heterocycles.